The van der Waals surface area contributed by atoms with Gasteiger partial charge in [-0.05, 0) is 32.4 Å². The summed E-state index contributed by atoms with van der Waals surface area (Å²) >= 11 is 1.89. The number of carbonyl (C=O) groups is 1. The number of likely N-dealkylation sites (N-methyl/N-ethyl adjacent to an activating group) is 1. The van der Waals surface area contributed by atoms with E-state index in [0.717, 1.165) is 19.2 Å². The lowest BCUT2D eigenvalue weighted by Gasteiger charge is -2.24. The molecule has 0 saturated carbocycles. The fourth-order valence-electron chi connectivity index (χ4n) is 2.21. The van der Waals surface area contributed by atoms with Gasteiger partial charge in [0.05, 0.1) is 0 Å². The number of aliphatic imine (C=N–C) groups is 1. The monoisotopic (exact) mass is 354 g/mol. The van der Waals surface area contributed by atoms with Crippen molar-refractivity contribution in [1.29, 1.82) is 0 Å². The third kappa shape index (κ3) is 7.81. The SMILES string of the molecule is CCNC(=NCC(=O)N(C)CC(F)(F)F)NCC1(C)CCCS1. The molecule has 0 aromatic carbocycles. The van der Waals surface area contributed by atoms with Crippen molar-refractivity contribution in [3.63, 3.8) is 0 Å². The zero-order valence-corrected chi connectivity index (χ0v) is 14.6. The van der Waals surface area contributed by atoms with Gasteiger partial charge >= 0.3 is 6.18 Å². The largest absolute Gasteiger partial charge is 0.406 e. The number of carbonyl (C=O) groups excluding carboxylic acids is 1. The lowest BCUT2D eigenvalue weighted by molar-refractivity contribution is -0.157. The standard InChI is InChI=1S/C14H25F3N4OS/c1-4-18-12(20-9-13(2)6-5-7-23-13)19-8-11(22)21(3)10-14(15,16)17/h4-10H2,1-3H3,(H2,18,19,20). The van der Waals surface area contributed by atoms with Crippen LogP contribution in [0.2, 0.25) is 0 Å². The molecule has 1 unspecified atom stereocenters. The van der Waals surface area contributed by atoms with E-state index >= 15 is 0 Å². The average Bonchev–Trinajstić information content (AvgIpc) is 2.87. The first-order valence-electron chi connectivity index (χ1n) is 7.62. The molecule has 0 aromatic heterocycles. The number of hydrogen-bond donors (Lipinski definition) is 2. The fourth-order valence-corrected chi connectivity index (χ4v) is 3.46. The van der Waals surface area contributed by atoms with Crippen LogP contribution in [0.15, 0.2) is 4.99 Å². The van der Waals surface area contributed by atoms with E-state index in [2.05, 4.69) is 22.5 Å². The number of guanidine groups is 1. The highest BCUT2D eigenvalue weighted by atomic mass is 32.2. The summed E-state index contributed by atoms with van der Waals surface area (Å²) in [5.41, 5.74) is 0. The van der Waals surface area contributed by atoms with Crippen LogP contribution < -0.4 is 10.6 Å². The molecule has 134 valence electrons. The van der Waals surface area contributed by atoms with E-state index in [-0.39, 0.29) is 11.3 Å². The van der Waals surface area contributed by atoms with Gasteiger partial charge in [0.25, 0.3) is 0 Å². The summed E-state index contributed by atoms with van der Waals surface area (Å²) in [6.07, 6.45) is -2.11. The van der Waals surface area contributed by atoms with Crippen molar-refractivity contribution >= 4 is 23.6 Å². The van der Waals surface area contributed by atoms with E-state index in [1.807, 2.05) is 18.7 Å². The van der Waals surface area contributed by atoms with Crippen molar-refractivity contribution in [2.24, 2.45) is 4.99 Å². The lowest BCUT2D eigenvalue weighted by Crippen LogP contribution is -2.44. The second-order valence-corrected chi connectivity index (χ2v) is 7.50. The normalized spacial score (nSPS) is 22.1. The Labute approximate surface area is 139 Å². The van der Waals surface area contributed by atoms with Crippen LogP contribution in [0.1, 0.15) is 26.7 Å². The van der Waals surface area contributed by atoms with Gasteiger partial charge in [-0.15, -0.1) is 0 Å². The first kappa shape index (κ1) is 19.9. The number of nitrogens with zero attached hydrogens (tertiary/aromatic N) is 2. The summed E-state index contributed by atoms with van der Waals surface area (Å²) in [6.45, 7) is 3.80. The van der Waals surface area contributed by atoms with E-state index in [1.54, 1.807) is 0 Å². The van der Waals surface area contributed by atoms with Gasteiger partial charge in [0.15, 0.2) is 5.96 Å². The van der Waals surface area contributed by atoms with E-state index in [9.17, 15) is 18.0 Å². The van der Waals surface area contributed by atoms with Crippen molar-refractivity contribution < 1.29 is 18.0 Å². The Hall–Kier alpha value is -1.12. The van der Waals surface area contributed by atoms with Gasteiger partial charge in [-0.2, -0.15) is 24.9 Å². The maximum atomic E-state index is 12.3. The summed E-state index contributed by atoms with van der Waals surface area (Å²) in [5.74, 6) is 0.919. The third-order valence-electron chi connectivity index (χ3n) is 3.49. The Balaban J connectivity index is 2.52. The lowest BCUT2D eigenvalue weighted by atomic mass is 10.1. The highest BCUT2D eigenvalue weighted by Gasteiger charge is 2.31. The maximum Gasteiger partial charge on any atom is 0.406 e. The molecule has 9 heteroatoms. The maximum absolute atomic E-state index is 12.3. The van der Waals surface area contributed by atoms with E-state index in [1.165, 1.54) is 6.42 Å². The predicted octanol–water partition coefficient (Wildman–Crippen LogP) is 1.85. The zero-order valence-electron chi connectivity index (χ0n) is 13.8. The van der Waals surface area contributed by atoms with Gasteiger partial charge in [0.1, 0.15) is 13.1 Å². The minimum Gasteiger partial charge on any atom is -0.357 e. The molecule has 0 spiro atoms. The molecule has 0 aromatic rings. The number of thioether (sulfide) groups is 1. The molecule has 0 aliphatic carbocycles. The van der Waals surface area contributed by atoms with Crippen molar-refractivity contribution in [3.8, 4) is 0 Å². The molecule has 1 amide bonds. The molecule has 5 nitrogen and oxygen atoms in total. The van der Waals surface area contributed by atoms with Crippen LogP contribution in [0.4, 0.5) is 13.2 Å². The van der Waals surface area contributed by atoms with Gasteiger partial charge in [-0.1, -0.05) is 0 Å². The molecule has 1 aliphatic rings. The summed E-state index contributed by atoms with van der Waals surface area (Å²) < 4.78 is 36.9. The molecule has 2 N–H and O–H groups in total. The van der Waals surface area contributed by atoms with Crippen molar-refractivity contribution in [2.45, 2.75) is 37.6 Å². The summed E-state index contributed by atoms with van der Waals surface area (Å²) in [4.78, 5) is 16.4. The minimum atomic E-state index is -4.40. The van der Waals surface area contributed by atoms with Crippen LogP contribution in [0.3, 0.4) is 0 Å². The van der Waals surface area contributed by atoms with E-state index < -0.39 is 18.6 Å². The van der Waals surface area contributed by atoms with E-state index in [0.29, 0.717) is 23.9 Å². The molecule has 1 heterocycles. The quantitative estimate of drug-likeness (QED) is 0.565. The van der Waals surface area contributed by atoms with Crippen LogP contribution in [0.5, 0.6) is 0 Å². The molecule has 1 rings (SSSR count). The number of halogens is 3. The van der Waals surface area contributed by atoms with Gasteiger partial charge in [0.2, 0.25) is 5.91 Å². The predicted molar refractivity (Wildman–Crippen MR) is 87.8 cm³/mol. The number of hydrogen-bond acceptors (Lipinski definition) is 3. The first-order chi connectivity index (χ1) is 10.7. The van der Waals surface area contributed by atoms with Gasteiger partial charge in [-0.3, -0.25) is 4.79 Å². The van der Waals surface area contributed by atoms with E-state index in [4.69, 9.17) is 0 Å². The summed E-state index contributed by atoms with van der Waals surface area (Å²) in [7, 11) is 1.13. The second kappa shape index (κ2) is 8.65. The number of nitrogens with one attached hydrogen (secondary N) is 2. The average molecular weight is 354 g/mol. The Kier molecular flexibility index (Phi) is 7.50. The molecule has 1 saturated heterocycles. The fraction of sp³-hybridized carbons (Fsp3) is 0.857. The Bertz CT molecular complexity index is 423. The molecule has 1 aliphatic heterocycles. The Morgan fingerprint density at radius 2 is 2.09 bits per heavy atom. The van der Waals surface area contributed by atoms with Crippen LogP contribution >= 0.6 is 11.8 Å². The summed E-state index contributed by atoms with van der Waals surface area (Å²) in [5, 5.41) is 6.17. The van der Waals surface area contributed by atoms with Crippen molar-refractivity contribution in [3.05, 3.63) is 0 Å². The van der Waals surface area contributed by atoms with Crippen molar-refractivity contribution in [1.82, 2.24) is 15.5 Å². The second-order valence-electron chi connectivity index (χ2n) is 5.82. The molecule has 1 fully saturated rings. The van der Waals surface area contributed by atoms with Crippen LogP contribution in [-0.2, 0) is 4.79 Å². The van der Waals surface area contributed by atoms with Gasteiger partial charge in [-0.25, -0.2) is 4.99 Å². The highest BCUT2D eigenvalue weighted by molar-refractivity contribution is 8.00. The minimum absolute atomic E-state index is 0.132. The zero-order chi connectivity index (χ0) is 17.5. The topological polar surface area (TPSA) is 56.7 Å². The van der Waals surface area contributed by atoms with Crippen LogP contribution in [0, 0.1) is 0 Å². The highest BCUT2D eigenvalue weighted by Crippen LogP contribution is 2.36. The molecular weight excluding hydrogens is 329 g/mol. The number of amides is 1. The molecule has 1 atom stereocenters. The Morgan fingerprint density at radius 3 is 2.61 bits per heavy atom. The molecule has 23 heavy (non-hydrogen) atoms. The molecule has 0 bridgehead atoms. The van der Waals surface area contributed by atoms with Crippen LogP contribution in [0.25, 0.3) is 0 Å². The number of alkyl halides is 3. The van der Waals surface area contributed by atoms with Crippen molar-refractivity contribution in [2.75, 3.05) is 39.0 Å². The smallest absolute Gasteiger partial charge is 0.357 e. The Morgan fingerprint density at radius 1 is 1.39 bits per heavy atom. The van der Waals surface area contributed by atoms with Gasteiger partial charge < -0.3 is 15.5 Å². The molecular formula is C14H25F3N4OS. The number of rotatable bonds is 6. The first-order valence-corrected chi connectivity index (χ1v) is 8.60. The van der Waals surface area contributed by atoms with Gasteiger partial charge in [0, 0.05) is 24.9 Å². The third-order valence-corrected chi connectivity index (χ3v) is 5.03. The summed E-state index contributed by atoms with van der Waals surface area (Å²) in [6, 6.07) is 0. The molecule has 0 radical (unpaired) electrons. The van der Waals surface area contributed by atoms with Crippen LogP contribution in [-0.4, -0.2) is 66.7 Å².